The number of hydrogen-bond acceptors (Lipinski definition) is 1. The summed E-state index contributed by atoms with van der Waals surface area (Å²) in [7, 11) is 0. The Kier molecular flexibility index (Phi) is 3.91. The van der Waals surface area contributed by atoms with E-state index in [1.54, 1.807) is 31.2 Å². The quantitative estimate of drug-likeness (QED) is 0.864. The van der Waals surface area contributed by atoms with Crippen LogP contribution in [0.3, 0.4) is 0 Å². The molecule has 2 rings (SSSR count). The number of rotatable bonds is 2. The van der Waals surface area contributed by atoms with E-state index in [9.17, 15) is 4.39 Å². The highest BCUT2D eigenvalue weighted by Crippen LogP contribution is 2.32. The lowest BCUT2D eigenvalue weighted by atomic mass is 9.98. The fourth-order valence-corrected chi connectivity index (χ4v) is 2.23. The van der Waals surface area contributed by atoms with Gasteiger partial charge in [-0.3, -0.25) is 0 Å². The monoisotopic (exact) mass is 283 g/mol. The van der Waals surface area contributed by atoms with Gasteiger partial charge in [-0.05, 0) is 35.7 Å². The van der Waals surface area contributed by atoms with E-state index in [0.717, 1.165) is 11.1 Å². The molecule has 2 N–H and O–H groups in total. The van der Waals surface area contributed by atoms with Gasteiger partial charge in [-0.2, -0.15) is 0 Å². The maximum atomic E-state index is 13.2. The summed E-state index contributed by atoms with van der Waals surface area (Å²) in [6.07, 6.45) is 0. The van der Waals surface area contributed by atoms with Gasteiger partial charge in [-0.25, -0.2) is 4.39 Å². The second-order valence-corrected chi connectivity index (χ2v) is 4.91. The van der Waals surface area contributed by atoms with E-state index >= 15 is 0 Å². The van der Waals surface area contributed by atoms with Crippen molar-refractivity contribution in [1.29, 1.82) is 0 Å². The van der Waals surface area contributed by atoms with Crippen LogP contribution in [0.25, 0.3) is 0 Å². The zero-order valence-corrected chi connectivity index (χ0v) is 11.3. The van der Waals surface area contributed by atoms with E-state index in [4.69, 9.17) is 28.9 Å². The molecule has 0 saturated heterocycles. The van der Waals surface area contributed by atoms with Crippen LogP contribution in [0.1, 0.15) is 22.7 Å². The van der Waals surface area contributed by atoms with Gasteiger partial charge < -0.3 is 5.73 Å². The fourth-order valence-electron chi connectivity index (χ4n) is 1.80. The molecule has 0 saturated carbocycles. The Labute approximate surface area is 115 Å². The topological polar surface area (TPSA) is 26.0 Å². The summed E-state index contributed by atoms with van der Waals surface area (Å²) in [6.45, 7) is 1.70. The maximum absolute atomic E-state index is 13.2. The molecule has 0 fully saturated rings. The van der Waals surface area contributed by atoms with Crippen molar-refractivity contribution in [3.63, 3.8) is 0 Å². The standard InChI is InChI=1S/C14H12Cl2FN/c1-8-7-9(5-6-12(8)17)14(18)10-3-2-4-11(15)13(10)16/h2-7,14H,18H2,1H3. The summed E-state index contributed by atoms with van der Waals surface area (Å²) < 4.78 is 13.2. The SMILES string of the molecule is Cc1cc(C(N)c2cccc(Cl)c2Cl)ccc1F. The minimum Gasteiger partial charge on any atom is -0.320 e. The Hall–Kier alpha value is -1.09. The van der Waals surface area contributed by atoms with Crippen LogP contribution in [-0.2, 0) is 0 Å². The maximum Gasteiger partial charge on any atom is 0.126 e. The zero-order valence-electron chi connectivity index (χ0n) is 9.75. The largest absolute Gasteiger partial charge is 0.320 e. The molecule has 0 amide bonds. The van der Waals surface area contributed by atoms with Crippen LogP contribution in [0.5, 0.6) is 0 Å². The lowest BCUT2D eigenvalue weighted by Crippen LogP contribution is -2.12. The summed E-state index contributed by atoms with van der Waals surface area (Å²) >= 11 is 12.1. The van der Waals surface area contributed by atoms with Crippen molar-refractivity contribution >= 4 is 23.2 Å². The van der Waals surface area contributed by atoms with Crippen molar-refractivity contribution in [3.05, 3.63) is 69.0 Å². The van der Waals surface area contributed by atoms with Gasteiger partial charge in [0.25, 0.3) is 0 Å². The molecule has 2 aromatic rings. The van der Waals surface area contributed by atoms with Gasteiger partial charge in [0, 0.05) is 0 Å². The van der Waals surface area contributed by atoms with Crippen molar-refractivity contribution in [1.82, 2.24) is 0 Å². The molecular weight excluding hydrogens is 272 g/mol. The number of nitrogens with two attached hydrogens (primary N) is 1. The Bertz CT molecular complexity index is 584. The summed E-state index contributed by atoms with van der Waals surface area (Å²) in [6, 6.07) is 9.67. The minimum atomic E-state index is -0.421. The molecule has 4 heteroatoms. The molecule has 0 aliphatic rings. The average molecular weight is 284 g/mol. The first kappa shape index (κ1) is 13.3. The van der Waals surface area contributed by atoms with Gasteiger partial charge in [0.15, 0.2) is 0 Å². The molecule has 0 aromatic heterocycles. The molecule has 18 heavy (non-hydrogen) atoms. The van der Waals surface area contributed by atoms with Crippen molar-refractivity contribution in [2.24, 2.45) is 5.73 Å². The summed E-state index contributed by atoms with van der Waals surface area (Å²) in [5, 5.41) is 0.900. The number of benzene rings is 2. The number of aryl methyl sites for hydroxylation is 1. The van der Waals surface area contributed by atoms with Crippen molar-refractivity contribution < 1.29 is 4.39 Å². The predicted octanol–water partition coefficient (Wildman–Crippen LogP) is 4.49. The minimum absolute atomic E-state index is 0.247. The van der Waals surface area contributed by atoms with Crippen molar-refractivity contribution in [2.45, 2.75) is 13.0 Å². The number of hydrogen-bond donors (Lipinski definition) is 1. The highest BCUT2D eigenvalue weighted by atomic mass is 35.5. The molecular formula is C14H12Cl2FN. The third-order valence-electron chi connectivity index (χ3n) is 2.86. The second-order valence-electron chi connectivity index (χ2n) is 4.13. The molecule has 0 spiro atoms. The van der Waals surface area contributed by atoms with Crippen LogP contribution in [0.2, 0.25) is 10.0 Å². The smallest absolute Gasteiger partial charge is 0.126 e. The average Bonchev–Trinajstić information content (AvgIpc) is 2.35. The molecule has 0 aliphatic carbocycles. The molecule has 0 aliphatic heterocycles. The van der Waals surface area contributed by atoms with E-state index in [-0.39, 0.29) is 5.82 Å². The molecule has 1 atom stereocenters. The molecule has 0 radical (unpaired) electrons. The van der Waals surface area contributed by atoms with Gasteiger partial charge in [0.2, 0.25) is 0 Å². The van der Waals surface area contributed by atoms with E-state index in [1.807, 2.05) is 6.07 Å². The van der Waals surface area contributed by atoms with Crippen LogP contribution < -0.4 is 5.73 Å². The van der Waals surface area contributed by atoms with E-state index in [0.29, 0.717) is 15.6 Å². The first-order valence-corrected chi connectivity index (χ1v) is 6.22. The van der Waals surface area contributed by atoms with Gasteiger partial charge in [-0.15, -0.1) is 0 Å². The van der Waals surface area contributed by atoms with Gasteiger partial charge in [0.1, 0.15) is 5.82 Å². The Morgan fingerprint density at radius 1 is 1.17 bits per heavy atom. The summed E-state index contributed by atoms with van der Waals surface area (Å²) in [5.41, 5.74) is 8.23. The van der Waals surface area contributed by atoms with Crippen LogP contribution in [0.15, 0.2) is 36.4 Å². The first-order valence-electron chi connectivity index (χ1n) is 5.46. The zero-order chi connectivity index (χ0) is 13.3. The van der Waals surface area contributed by atoms with E-state index < -0.39 is 6.04 Å². The molecule has 1 unspecified atom stereocenters. The summed E-state index contributed by atoms with van der Waals surface area (Å²) in [4.78, 5) is 0. The second kappa shape index (κ2) is 5.27. The lowest BCUT2D eigenvalue weighted by Gasteiger charge is -2.15. The fraction of sp³-hybridized carbons (Fsp3) is 0.143. The third kappa shape index (κ3) is 2.51. The van der Waals surface area contributed by atoms with Crippen LogP contribution in [0, 0.1) is 12.7 Å². The van der Waals surface area contributed by atoms with Gasteiger partial charge in [-0.1, -0.05) is 47.5 Å². The van der Waals surface area contributed by atoms with Crippen molar-refractivity contribution in [3.8, 4) is 0 Å². The molecule has 94 valence electrons. The lowest BCUT2D eigenvalue weighted by molar-refractivity contribution is 0.617. The highest BCUT2D eigenvalue weighted by molar-refractivity contribution is 6.42. The van der Waals surface area contributed by atoms with Crippen LogP contribution in [0.4, 0.5) is 4.39 Å². The summed E-state index contributed by atoms with van der Waals surface area (Å²) in [5.74, 6) is -0.247. The van der Waals surface area contributed by atoms with Gasteiger partial charge in [0.05, 0.1) is 16.1 Å². The van der Waals surface area contributed by atoms with E-state index in [2.05, 4.69) is 0 Å². The van der Waals surface area contributed by atoms with Crippen molar-refractivity contribution in [2.75, 3.05) is 0 Å². The first-order chi connectivity index (χ1) is 8.50. The molecule has 0 heterocycles. The Balaban J connectivity index is 2.44. The van der Waals surface area contributed by atoms with Crippen LogP contribution in [-0.4, -0.2) is 0 Å². The Morgan fingerprint density at radius 2 is 1.89 bits per heavy atom. The third-order valence-corrected chi connectivity index (χ3v) is 3.69. The molecule has 0 bridgehead atoms. The highest BCUT2D eigenvalue weighted by Gasteiger charge is 2.15. The predicted molar refractivity (Wildman–Crippen MR) is 73.6 cm³/mol. The Morgan fingerprint density at radius 3 is 2.56 bits per heavy atom. The number of halogens is 3. The normalized spacial score (nSPS) is 12.5. The molecule has 2 aromatic carbocycles. The van der Waals surface area contributed by atoms with E-state index in [1.165, 1.54) is 6.07 Å². The van der Waals surface area contributed by atoms with Gasteiger partial charge >= 0.3 is 0 Å². The van der Waals surface area contributed by atoms with Crippen LogP contribution >= 0.6 is 23.2 Å². The molecule has 1 nitrogen and oxygen atoms in total.